The molecule has 0 spiro atoms. The number of amides is 1. The Labute approximate surface area is 119 Å². The molecule has 0 saturated carbocycles. The number of carbonyl (C=O) groups excluding carboxylic acids is 1. The van der Waals surface area contributed by atoms with E-state index in [2.05, 4.69) is 5.32 Å². The molecule has 0 saturated heterocycles. The second kappa shape index (κ2) is 7.26. The van der Waals surface area contributed by atoms with Crippen LogP contribution in [0.1, 0.15) is 11.1 Å². The summed E-state index contributed by atoms with van der Waals surface area (Å²) in [6.07, 6.45) is 4.00. The normalized spacial score (nSPS) is 12.2. The Morgan fingerprint density at radius 1 is 1.05 bits per heavy atom. The Kier molecular flexibility index (Phi) is 5.09. The van der Waals surface area contributed by atoms with Crippen LogP contribution >= 0.6 is 0 Å². The minimum absolute atomic E-state index is 0.180. The number of hydrogen-bond acceptors (Lipinski definition) is 2. The molecular weight excluding hydrogens is 248 g/mol. The van der Waals surface area contributed by atoms with E-state index in [0.717, 1.165) is 11.1 Å². The van der Waals surface area contributed by atoms with Crippen LogP contribution in [0.2, 0.25) is 0 Å². The highest BCUT2D eigenvalue weighted by atomic mass is 16.2. The first-order valence-corrected chi connectivity index (χ1v) is 6.57. The summed E-state index contributed by atoms with van der Waals surface area (Å²) in [5.74, 6) is -0.180. The van der Waals surface area contributed by atoms with Crippen molar-refractivity contribution in [1.29, 1.82) is 0 Å². The molecule has 20 heavy (non-hydrogen) atoms. The Morgan fingerprint density at radius 3 is 2.30 bits per heavy atom. The molecule has 0 radical (unpaired) electrons. The van der Waals surface area contributed by atoms with Crippen molar-refractivity contribution >= 4 is 12.0 Å². The summed E-state index contributed by atoms with van der Waals surface area (Å²) in [5.41, 5.74) is 7.97. The van der Waals surface area contributed by atoms with Crippen LogP contribution in [0.4, 0.5) is 0 Å². The third-order valence-electron chi connectivity index (χ3n) is 2.94. The molecule has 3 heteroatoms. The minimum Gasteiger partial charge on any atom is -0.331 e. The molecule has 0 aromatic heterocycles. The van der Waals surface area contributed by atoms with E-state index >= 15 is 0 Å². The lowest BCUT2D eigenvalue weighted by molar-refractivity contribution is -0.121. The first kappa shape index (κ1) is 14.0. The molecule has 0 unspecified atom stereocenters. The van der Waals surface area contributed by atoms with E-state index in [9.17, 15) is 4.79 Å². The SMILES string of the molecule is N[C@@H](Cc1ccccc1)C(=O)N/C=C/c1ccccc1. The van der Waals surface area contributed by atoms with Crippen molar-refractivity contribution in [1.82, 2.24) is 5.32 Å². The Morgan fingerprint density at radius 2 is 1.65 bits per heavy atom. The summed E-state index contributed by atoms with van der Waals surface area (Å²) < 4.78 is 0. The summed E-state index contributed by atoms with van der Waals surface area (Å²) in [6, 6.07) is 19.0. The van der Waals surface area contributed by atoms with E-state index in [1.807, 2.05) is 66.7 Å². The van der Waals surface area contributed by atoms with Crippen molar-refractivity contribution in [2.24, 2.45) is 5.73 Å². The molecule has 0 aliphatic carbocycles. The van der Waals surface area contributed by atoms with Crippen molar-refractivity contribution in [3.8, 4) is 0 Å². The van der Waals surface area contributed by atoms with Crippen molar-refractivity contribution in [2.45, 2.75) is 12.5 Å². The predicted octanol–water partition coefficient (Wildman–Crippen LogP) is 2.34. The minimum atomic E-state index is -0.544. The molecule has 0 bridgehead atoms. The summed E-state index contributed by atoms with van der Waals surface area (Å²) in [5, 5.41) is 2.71. The van der Waals surface area contributed by atoms with E-state index in [0.29, 0.717) is 6.42 Å². The lowest BCUT2D eigenvalue weighted by Gasteiger charge is -2.10. The molecule has 2 rings (SSSR count). The number of rotatable bonds is 5. The average Bonchev–Trinajstić information content (AvgIpc) is 2.49. The molecule has 0 aliphatic rings. The molecule has 1 amide bonds. The summed E-state index contributed by atoms with van der Waals surface area (Å²) in [6.45, 7) is 0. The fourth-order valence-corrected chi connectivity index (χ4v) is 1.85. The summed E-state index contributed by atoms with van der Waals surface area (Å²) in [7, 11) is 0. The van der Waals surface area contributed by atoms with Crippen molar-refractivity contribution in [3.63, 3.8) is 0 Å². The standard InChI is InChI=1S/C17H18N2O/c18-16(13-15-9-5-2-6-10-15)17(20)19-12-11-14-7-3-1-4-8-14/h1-12,16H,13,18H2,(H,19,20)/b12-11+/t16-/m0/s1. The Balaban J connectivity index is 1.84. The van der Waals surface area contributed by atoms with Gasteiger partial charge in [0.1, 0.15) is 0 Å². The van der Waals surface area contributed by atoms with Crippen molar-refractivity contribution < 1.29 is 4.79 Å². The lowest BCUT2D eigenvalue weighted by atomic mass is 10.1. The van der Waals surface area contributed by atoms with Gasteiger partial charge in [-0.2, -0.15) is 0 Å². The number of nitrogens with one attached hydrogen (secondary N) is 1. The smallest absolute Gasteiger partial charge is 0.241 e. The monoisotopic (exact) mass is 266 g/mol. The second-order valence-corrected chi connectivity index (χ2v) is 4.55. The molecule has 3 N–H and O–H groups in total. The van der Waals surface area contributed by atoms with Gasteiger partial charge >= 0.3 is 0 Å². The maximum Gasteiger partial charge on any atom is 0.241 e. The highest BCUT2D eigenvalue weighted by Gasteiger charge is 2.12. The maximum absolute atomic E-state index is 11.9. The van der Waals surface area contributed by atoms with Gasteiger partial charge < -0.3 is 11.1 Å². The van der Waals surface area contributed by atoms with Crippen LogP contribution in [0.5, 0.6) is 0 Å². The van der Waals surface area contributed by atoms with Gasteiger partial charge in [0.25, 0.3) is 0 Å². The fourth-order valence-electron chi connectivity index (χ4n) is 1.85. The highest BCUT2D eigenvalue weighted by molar-refractivity contribution is 5.83. The Hall–Kier alpha value is -2.39. The summed E-state index contributed by atoms with van der Waals surface area (Å²) >= 11 is 0. The molecule has 1 atom stereocenters. The maximum atomic E-state index is 11.9. The van der Waals surface area contributed by atoms with E-state index in [1.54, 1.807) is 6.20 Å². The van der Waals surface area contributed by atoms with E-state index < -0.39 is 6.04 Å². The van der Waals surface area contributed by atoms with Gasteiger partial charge in [-0.15, -0.1) is 0 Å². The van der Waals surface area contributed by atoms with E-state index in [-0.39, 0.29) is 5.91 Å². The molecule has 3 nitrogen and oxygen atoms in total. The highest BCUT2D eigenvalue weighted by Crippen LogP contribution is 2.02. The van der Waals surface area contributed by atoms with Gasteiger partial charge in [-0.05, 0) is 23.6 Å². The van der Waals surface area contributed by atoms with Crippen LogP contribution in [-0.2, 0) is 11.2 Å². The number of benzene rings is 2. The van der Waals surface area contributed by atoms with Gasteiger partial charge in [-0.3, -0.25) is 4.79 Å². The van der Waals surface area contributed by atoms with Gasteiger partial charge in [0.2, 0.25) is 5.91 Å². The van der Waals surface area contributed by atoms with Gasteiger partial charge in [0.05, 0.1) is 6.04 Å². The third kappa shape index (κ3) is 4.37. The van der Waals surface area contributed by atoms with Crippen LogP contribution in [0.3, 0.4) is 0 Å². The first-order chi connectivity index (χ1) is 9.75. The van der Waals surface area contributed by atoms with Crippen molar-refractivity contribution in [2.75, 3.05) is 0 Å². The van der Waals surface area contributed by atoms with Gasteiger partial charge in [0, 0.05) is 6.20 Å². The number of carbonyl (C=O) groups is 1. The summed E-state index contributed by atoms with van der Waals surface area (Å²) in [4.78, 5) is 11.9. The average molecular weight is 266 g/mol. The third-order valence-corrected chi connectivity index (χ3v) is 2.94. The van der Waals surface area contributed by atoms with Crippen LogP contribution in [-0.4, -0.2) is 11.9 Å². The second-order valence-electron chi connectivity index (χ2n) is 4.55. The van der Waals surface area contributed by atoms with Crippen LogP contribution in [0, 0.1) is 0 Å². The number of nitrogens with two attached hydrogens (primary N) is 1. The topological polar surface area (TPSA) is 55.1 Å². The zero-order valence-electron chi connectivity index (χ0n) is 11.2. The zero-order valence-corrected chi connectivity index (χ0v) is 11.2. The van der Waals surface area contributed by atoms with Gasteiger partial charge in [-0.25, -0.2) is 0 Å². The molecule has 0 heterocycles. The van der Waals surface area contributed by atoms with Crippen LogP contribution < -0.4 is 11.1 Å². The lowest BCUT2D eigenvalue weighted by Crippen LogP contribution is -2.39. The molecule has 2 aromatic carbocycles. The quantitative estimate of drug-likeness (QED) is 0.872. The molecule has 102 valence electrons. The number of hydrogen-bond donors (Lipinski definition) is 2. The first-order valence-electron chi connectivity index (χ1n) is 6.57. The molecule has 2 aromatic rings. The molecule has 0 fully saturated rings. The molecule has 0 aliphatic heterocycles. The Bertz CT molecular complexity index is 564. The zero-order chi connectivity index (χ0) is 14.2. The van der Waals surface area contributed by atoms with Gasteiger partial charge in [0.15, 0.2) is 0 Å². The van der Waals surface area contributed by atoms with Crippen LogP contribution in [0.15, 0.2) is 66.9 Å². The largest absolute Gasteiger partial charge is 0.331 e. The van der Waals surface area contributed by atoms with Gasteiger partial charge in [-0.1, -0.05) is 60.7 Å². The van der Waals surface area contributed by atoms with E-state index in [1.165, 1.54) is 0 Å². The molecular formula is C17H18N2O. The van der Waals surface area contributed by atoms with Crippen LogP contribution in [0.25, 0.3) is 6.08 Å². The fraction of sp³-hybridized carbons (Fsp3) is 0.118. The van der Waals surface area contributed by atoms with E-state index in [4.69, 9.17) is 5.73 Å². The van der Waals surface area contributed by atoms with Crippen molar-refractivity contribution in [3.05, 3.63) is 78.0 Å². The predicted molar refractivity (Wildman–Crippen MR) is 81.7 cm³/mol.